The van der Waals surface area contributed by atoms with Crippen LogP contribution < -0.4 is 5.63 Å². The van der Waals surface area contributed by atoms with Crippen LogP contribution in [0.5, 0.6) is 0 Å². The first-order chi connectivity index (χ1) is 5.18. The summed E-state index contributed by atoms with van der Waals surface area (Å²) >= 11 is 0. The van der Waals surface area contributed by atoms with Crippen molar-refractivity contribution in [1.29, 1.82) is 0 Å². The normalized spacial score (nSPS) is 8.36. The molecule has 2 heteroatoms. The van der Waals surface area contributed by atoms with E-state index in [4.69, 9.17) is 4.42 Å². The molecule has 0 radical (unpaired) electrons. The Kier molecular flexibility index (Phi) is 4.27. The fourth-order valence-corrected chi connectivity index (χ4v) is 0.766. The third-order valence-electron chi connectivity index (χ3n) is 1.04. The number of rotatable bonds is 0. The Bertz CT molecular complexity index is 237. The average Bonchev–Trinajstić information content (AvgIpc) is 1.88. The van der Waals surface area contributed by atoms with E-state index in [0.717, 1.165) is 5.56 Å². The highest BCUT2D eigenvalue weighted by Gasteiger charge is 1.89. The van der Waals surface area contributed by atoms with Crippen LogP contribution in [-0.4, -0.2) is 0 Å². The third kappa shape index (κ3) is 3.61. The van der Waals surface area contributed by atoms with Crippen LogP contribution in [0.1, 0.15) is 25.2 Å². The van der Waals surface area contributed by atoms with Gasteiger partial charge in [-0.1, -0.05) is 13.8 Å². The van der Waals surface area contributed by atoms with Crippen LogP contribution in [0.2, 0.25) is 0 Å². The summed E-state index contributed by atoms with van der Waals surface area (Å²) in [4.78, 5) is 10.5. The number of hydrogen-bond acceptors (Lipinski definition) is 2. The molecule has 0 saturated heterocycles. The monoisotopic (exact) mass is 154 g/mol. The van der Waals surface area contributed by atoms with Gasteiger partial charge in [-0.2, -0.15) is 0 Å². The quantitative estimate of drug-likeness (QED) is 0.574. The van der Waals surface area contributed by atoms with Crippen LogP contribution >= 0.6 is 0 Å². The zero-order valence-electron chi connectivity index (χ0n) is 7.47. The summed E-state index contributed by atoms with van der Waals surface area (Å²) in [7, 11) is 0. The van der Waals surface area contributed by atoms with E-state index >= 15 is 0 Å². The second kappa shape index (κ2) is 4.72. The van der Waals surface area contributed by atoms with Crippen LogP contribution in [0.25, 0.3) is 0 Å². The van der Waals surface area contributed by atoms with Crippen molar-refractivity contribution in [2.24, 2.45) is 0 Å². The topological polar surface area (TPSA) is 30.2 Å². The van der Waals surface area contributed by atoms with Crippen molar-refractivity contribution in [3.05, 3.63) is 33.9 Å². The smallest absolute Gasteiger partial charge is 0.336 e. The molecule has 0 fully saturated rings. The summed E-state index contributed by atoms with van der Waals surface area (Å²) in [6.45, 7) is 7.62. The molecule has 0 bridgehead atoms. The molecule has 0 amide bonds. The maximum atomic E-state index is 10.5. The van der Waals surface area contributed by atoms with Gasteiger partial charge in [-0.25, -0.2) is 4.79 Å². The van der Waals surface area contributed by atoms with E-state index in [1.807, 2.05) is 26.8 Å². The van der Waals surface area contributed by atoms with Crippen LogP contribution in [0.3, 0.4) is 0 Å². The molecular formula is C9H14O2. The van der Waals surface area contributed by atoms with Crippen molar-refractivity contribution in [1.82, 2.24) is 0 Å². The lowest BCUT2D eigenvalue weighted by Crippen LogP contribution is -1.97. The van der Waals surface area contributed by atoms with Gasteiger partial charge in [0.2, 0.25) is 0 Å². The molecule has 0 unspecified atom stereocenters. The van der Waals surface area contributed by atoms with Gasteiger partial charge in [0.05, 0.1) is 0 Å². The third-order valence-corrected chi connectivity index (χ3v) is 1.04. The maximum Gasteiger partial charge on any atom is 0.336 e. The zero-order chi connectivity index (χ0) is 8.85. The highest BCUT2D eigenvalue weighted by atomic mass is 16.4. The van der Waals surface area contributed by atoms with Gasteiger partial charge in [-0.05, 0) is 25.5 Å². The van der Waals surface area contributed by atoms with E-state index in [1.54, 1.807) is 6.92 Å². The summed E-state index contributed by atoms with van der Waals surface area (Å²) in [5, 5.41) is 0. The second-order valence-electron chi connectivity index (χ2n) is 2.06. The Morgan fingerprint density at radius 1 is 1.18 bits per heavy atom. The second-order valence-corrected chi connectivity index (χ2v) is 2.06. The van der Waals surface area contributed by atoms with E-state index in [0.29, 0.717) is 5.76 Å². The molecule has 1 rings (SSSR count). The largest absolute Gasteiger partial charge is 0.428 e. The molecule has 0 aliphatic rings. The molecule has 0 N–H and O–H groups in total. The molecule has 0 atom stereocenters. The van der Waals surface area contributed by atoms with E-state index in [1.165, 1.54) is 6.07 Å². The van der Waals surface area contributed by atoms with Crippen LogP contribution in [-0.2, 0) is 0 Å². The Balaban J connectivity index is 0.000000461. The van der Waals surface area contributed by atoms with Gasteiger partial charge in [0.25, 0.3) is 0 Å². The van der Waals surface area contributed by atoms with Gasteiger partial charge in [0.15, 0.2) is 0 Å². The Morgan fingerprint density at radius 2 is 1.73 bits per heavy atom. The standard InChI is InChI=1S/C7H8O2.C2H6/c1-5-3-6(2)9-7(8)4-5;1-2/h3-4H,1-2H3;1-2H3. The highest BCUT2D eigenvalue weighted by molar-refractivity contribution is 5.09. The van der Waals surface area contributed by atoms with Gasteiger partial charge in [-0.3, -0.25) is 0 Å². The predicted octanol–water partition coefficient (Wildman–Crippen LogP) is 2.28. The van der Waals surface area contributed by atoms with Crippen molar-refractivity contribution < 1.29 is 4.42 Å². The molecule has 11 heavy (non-hydrogen) atoms. The summed E-state index contributed by atoms with van der Waals surface area (Å²) in [5.74, 6) is 0.667. The van der Waals surface area contributed by atoms with Gasteiger partial charge in [0.1, 0.15) is 5.76 Å². The molecule has 62 valence electrons. The maximum absolute atomic E-state index is 10.5. The van der Waals surface area contributed by atoms with E-state index in [-0.39, 0.29) is 5.63 Å². The van der Waals surface area contributed by atoms with Crippen molar-refractivity contribution in [3.8, 4) is 0 Å². The predicted molar refractivity (Wildman–Crippen MR) is 45.8 cm³/mol. The molecule has 2 nitrogen and oxygen atoms in total. The van der Waals surface area contributed by atoms with E-state index in [2.05, 4.69) is 0 Å². The summed E-state index contributed by atoms with van der Waals surface area (Å²) in [5.41, 5.74) is 0.677. The lowest BCUT2D eigenvalue weighted by atomic mass is 10.3. The fraction of sp³-hybridized carbons (Fsp3) is 0.444. The van der Waals surface area contributed by atoms with Crippen molar-refractivity contribution >= 4 is 0 Å². The molecule has 0 aliphatic heterocycles. The average molecular weight is 154 g/mol. The van der Waals surface area contributed by atoms with Gasteiger partial charge in [-0.15, -0.1) is 0 Å². The first-order valence-electron chi connectivity index (χ1n) is 3.77. The minimum atomic E-state index is -0.271. The van der Waals surface area contributed by atoms with Crippen LogP contribution in [0, 0.1) is 13.8 Å². The molecular weight excluding hydrogens is 140 g/mol. The van der Waals surface area contributed by atoms with Crippen molar-refractivity contribution in [2.75, 3.05) is 0 Å². The SMILES string of the molecule is CC.Cc1cc(C)oc(=O)c1. The fourth-order valence-electron chi connectivity index (χ4n) is 0.766. The van der Waals surface area contributed by atoms with Crippen molar-refractivity contribution in [2.45, 2.75) is 27.7 Å². The lowest BCUT2D eigenvalue weighted by Gasteiger charge is -1.90. The number of aryl methyl sites for hydroxylation is 2. The molecule has 0 saturated carbocycles. The van der Waals surface area contributed by atoms with Crippen molar-refractivity contribution in [3.63, 3.8) is 0 Å². The Hall–Kier alpha value is -1.05. The molecule has 1 aromatic heterocycles. The minimum Gasteiger partial charge on any atom is -0.428 e. The first-order valence-corrected chi connectivity index (χ1v) is 3.77. The summed E-state index contributed by atoms with van der Waals surface area (Å²) in [6.07, 6.45) is 0. The molecule has 1 aromatic rings. The summed E-state index contributed by atoms with van der Waals surface area (Å²) in [6, 6.07) is 3.29. The van der Waals surface area contributed by atoms with E-state index in [9.17, 15) is 4.79 Å². The zero-order valence-corrected chi connectivity index (χ0v) is 7.47. The molecule has 1 heterocycles. The highest BCUT2D eigenvalue weighted by Crippen LogP contribution is 1.95. The minimum absolute atomic E-state index is 0.271. The first kappa shape index (κ1) is 9.95. The molecule has 0 aromatic carbocycles. The van der Waals surface area contributed by atoms with Crippen LogP contribution in [0.15, 0.2) is 21.3 Å². The summed E-state index contributed by atoms with van der Waals surface area (Å²) < 4.78 is 4.70. The number of hydrogen-bond donors (Lipinski definition) is 0. The Morgan fingerprint density at radius 3 is 2.09 bits per heavy atom. The van der Waals surface area contributed by atoms with Gasteiger partial charge >= 0.3 is 5.63 Å². The van der Waals surface area contributed by atoms with E-state index < -0.39 is 0 Å². The lowest BCUT2D eigenvalue weighted by molar-refractivity contribution is 0.479. The van der Waals surface area contributed by atoms with Gasteiger partial charge in [0, 0.05) is 6.07 Å². The molecule has 0 spiro atoms. The Labute approximate surface area is 66.9 Å². The molecule has 0 aliphatic carbocycles. The van der Waals surface area contributed by atoms with Crippen LogP contribution in [0.4, 0.5) is 0 Å². The van der Waals surface area contributed by atoms with Gasteiger partial charge < -0.3 is 4.42 Å².